The molecular weight excluding hydrogens is 100 g/mol. The largest absolute Gasteiger partial charge is 0.209 e. The highest BCUT2D eigenvalue weighted by Crippen LogP contribution is 1.60. The second-order valence-corrected chi connectivity index (χ2v) is 0.998. The van der Waals surface area contributed by atoms with Crippen molar-refractivity contribution >= 4 is 12.4 Å². The van der Waals surface area contributed by atoms with Crippen molar-refractivity contribution in [1.82, 2.24) is 0 Å². The van der Waals surface area contributed by atoms with Gasteiger partial charge < -0.3 is 0 Å². The Kier molecular flexibility index (Phi) is 5.09. The van der Waals surface area contributed by atoms with Crippen LogP contribution in [-0.4, -0.2) is 12.4 Å². The molecule has 0 fully saturated rings. The fraction of sp³-hybridized carbons (Fsp3) is 0.333. The van der Waals surface area contributed by atoms with Gasteiger partial charge >= 0.3 is 0 Å². The number of aliphatic imine (C=N–C) groups is 2. The van der Waals surface area contributed by atoms with Crippen molar-refractivity contribution in [3.05, 3.63) is 0 Å². The molecule has 0 aromatic heterocycles. The number of nitrogens with zero attached hydrogens (tertiary/aromatic N) is 2. The van der Waals surface area contributed by atoms with Crippen LogP contribution in [0.2, 0.25) is 0 Å². The molecule has 0 spiro atoms. The molecule has 0 saturated carbocycles. The first-order valence-corrected chi connectivity index (χ1v) is 2.37. The zero-order chi connectivity index (χ0) is 6.24. The lowest BCUT2D eigenvalue weighted by Crippen LogP contribution is -1.56. The van der Waals surface area contributed by atoms with Crippen LogP contribution in [0.1, 0.15) is 13.8 Å². The third-order valence-electron chi connectivity index (χ3n) is 0.437. The molecule has 0 aliphatic rings. The second kappa shape index (κ2) is 5.90. The Morgan fingerprint density at radius 2 is 1.38 bits per heavy atom. The van der Waals surface area contributed by atoms with Gasteiger partial charge in [-0.15, -0.1) is 0 Å². The quantitative estimate of drug-likeness (QED) is 0.328. The van der Waals surface area contributed by atoms with Crippen LogP contribution >= 0.6 is 0 Å². The van der Waals surface area contributed by atoms with Gasteiger partial charge in [-0.2, -0.15) is 0 Å². The molecule has 0 rings (SSSR count). The van der Waals surface area contributed by atoms with E-state index in [0.29, 0.717) is 0 Å². The molecule has 2 nitrogen and oxygen atoms in total. The fourth-order valence-electron chi connectivity index (χ4n) is 0.187. The zero-order valence-electron chi connectivity index (χ0n) is 5.05. The molecule has 0 atom stereocenters. The van der Waals surface area contributed by atoms with E-state index >= 15 is 0 Å². The van der Waals surface area contributed by atoms with Gasteiger partial charge in [0.15, 0.2) is 0 Å². The average molecular weight is 108 g/mol. The Balaban J connectivity index is 3.51. The minimum Gasteiger partial charge on any atom is -0.209 e. The second-order valence-electron chi connectivity index (χ2n) is 0.998. The van der Waals surface area contributed by atoms with Crippen LogP contribution in [0.5, 0.6) is 0 Å². The van der Waals surface area contributed by atoms with E-state index < -0.39 is 0 Å². The van der Waals surface area contributed by atoms with Gasteiger partial charge in [-0.25, -0.2) is 9.98 Å². The van der Waals surface area contributed by atoms with Crippen molar-refractivity contribution in [3.63, 3.8) is 0 Å². The summed E-state index contributed by atoms with van der Waals surface area (Å²) in [6.07, 6.45) is 3.25. The van der Waals surface area contributed by atoms with E-state index in [0.717, 1.165) is 0 Å². The maximum atomic E-state index is 3.61. The van der Waals surface area contributed by atoms with Crippen LogP contribution in [0.4, 0.5) is 0 Å². The van der Waals surface area contributed by atoms with E-state index in [4.69, 9.17) is 0 Å². The molecule has 0 aliphatic carbocycles. The lowest BCUT2D eigenvalue weighted by Gasteiger charge is -1.62. The fourth-order valence-corrected chi connectivity index (χ4v) is 0.187. The highest BCUT2D eigenvalue weighted by Gasteiger charge is 1.52. The van der Waals surface area contributed by atoms with E-state index in [1.165, 1.54) is 0 Å². The van der Waals surface area contributed by atoms with Gasteiger partial charge in [-0.1, -0.05) is 0 Å². The van der Waals surface area contributed by atoms with Crippen LogP contribution in [-0.2, 0) is 0 Å². The van der Waals surface area contributed by atoms with E-state index in [-0.39, 0.29) is 0 Å². The predicted octanol–water partition coefficient (Wildman–Crippen LogP) is 1.09. The van der Waals surface area contributed by atoms with Gasteiger partial charge in [-0.05, 0) is 13.8 Å². The van der Waals surface area contributed by atoms with Crippen molar-refractivity contribution in [2.45, 2.75) is 13.8 Å². The molecule has 0 aliphatic heterocycles. The maximum absolute atomic E-state index is 3.61. The van der Waals surface area contributed by atoms with Crippen LogP contribution in [0, 0.1) is 12.1 Å². The van der Waals surface area contributed by atoms with Crippen LogP contribution < -0.4 is 0 Å². The highest BCUT2D eigenvalue weighted by atomic mass is 14.7. The van der Waals surface area contributed by atoms with Crippen LogP contribution in [0.25, 0.3) is 0 Å². The van der Waals surface area contributed by atoms with Gasteiger partial charge in [0.1, 0.15) is 0 Å². The summed E-state index contributed by atoms with van der Waals surface area (Å²) in [5.74, 6) is 0. The molecule has 0 amide bonds. The predicted molar refractivity (Wildman–Crippen MR) is 36.1 cm³/mol. The summed E-state index contributed by atoms with van der Waals surface area (Å²) in [5, 5.41) is 0. The number of hydrogen-bond acceptors (Lipinski definition) is 2. The molecule has 0 radical (unpaired) electrons. The first-order valence-electron chi connectivity index (χ1n) is 2.37. The molecule has 0 aromatic rings. The van der Waals surface area contributed by atoms with Gasteiger partial charge in [0.2, 0.25) is 0 Å². The summed E-state index contributed by atoms with van der Waals surface area (Å²) in [6, 6.07) is 4.92. The zero-order valence-corrected chi connectivity index (χ0v) is 5.05. The lowest BCUT2D eigenvalue weighted by atomic mass is 10.8. The van der Waals surface area contributed by atoms with E-state index in [1.807, 2.05) is 13.8 Å². The maximum Gasteiger partial charge on any atom is 0.0590 e. The van der Waals surface area contributed by atoms with Crippen molar-refractivity contribution in [2.75, 3.05) is 0 Å². The minimum atomic E-state index is 1.62. The third-order valence-corrected chi connectivity index (χ3v) is 0.437. The summed E-state index contributed by atoms with van der Waals surface area (Å²) in [7, 11) is 0. The number of rotatable bonds is 0. The van der Waals surface area contributed by atoms with Gasteiger partial charge in [0, 0.05) is 12.4 Å². The summed E-state index contributed by atoms with van der Waals surface area (Å²) < 4.78 is 0. The van der Waals surface area contributed by atoms with Crippen LogP contribution in [0.15, 0.2) is 9.98 Å². The van der Waals surface area contributed by atoms with Crippen LogP contribution in [0.3, 0.4) is 0 Å². The molecule has 0 heterocycles. The first kappa shape index (κ1) is 6.90. The van der Waals surface area contributed by atoms with E-state index in [1.54, 1.807) is 12.4 Å². The topological polar surface area (TPSA) is 24.7 Å². The number of hydrogen-bond donors (Lipinski definition) is 0. The van der Waals surface area contributed by atoms with Crippen molar-refractivity contribution in [3.8, 4) is 12.1 Å². The molecule has 0 N–H and O–H groups in total. The summed E-state index contributed by atoms with van der Waals surface area (Å²) >= 11 is 0. The molecule has 42 valence electrons. The molecule has 0 aromatic carbocycles. The monoisotopic (exact) mass is 108 g/mol. The Bertz CT molecular complexity index is 130. The summed E-state index contributed by atoms with van der Waals surface area (Å²) in [6.45, 7) is 3.62. The lowest BCUT2D eigenvalue weighted by molar-refractivity contribution is 1.62. The Hall–Kier alpha value is -1.10. The molecule has 0 unspecified atom stereocenters. The molecule has 2 heteroatoms. The van der Waals surface area contributed by atoms with E-state index in [9.17, 15) is 0 Å². The Labute approximate surface area is 49.4 Å². The average Bonchev–Trinajstić information content (AvgIpc) is 1.81. The molecule has 0 saturated heterocycles. The Morgan fingerprint density at radius 3 is 1.62 bits per heavy atom. The Morgan fingerprint density at radius 1 is 1.00 bits per heavy atom. The molecule has 0 bridgehead atoms. The first-order chi connectivity index (χ1) is 3.91. The molecule has 8 heavy (non-hydrogen) atoms. The summed E-state index contributed by atoms with van der Waals surface area (Å²) in [4.78, 5) is 7.22. The van der Waals surface area contributed by atoms with E-state index in [2.05, 4.69) is 22.1 Å². The van der Waals surface area contributed by atoms with Gasteiger partial charge in [0.05, 0.1) is 12.1 Å². The van der Waals surface area contributed by atoms with Crippen molar-refractivity contribution in [1.29, 1.82) is 0 Å². The van der Waals surface area contributed by atoms with Gasteiger partial charge in [0.25, 0.3) is 0 Å². The normalized spacial score (nSPS) is 9.75. The standard InChI is InChI=1S/C6H8N2/c1-3-7-5-6-8-4-2/h3-4H,1-2H3. The smallest absolute Gasteiger partial charge is 0.0590 e. The minimum absolute atomic E-state index is 1.62. The highest BCUT2D eigenvalue weighted by molar-refractivity contribution is 5.56. The SMILES string of the molecule is CC=NC#CN=CC. The van der Waals surface area contributed by atoms with Crippen molar-refractivity contribution in [2.24, 2.45) is 9.98 Å². The molecular formula is C6H8N2. The van der Waals surface area contributed by atoms with Crippen molar-refractivity contribution < 1.29 is 0 Å². The third kappa shape index (κ3) is 4.90. The van der Waals surface area contributed by atoms with Gasteiger partial charge in [-0.3, -0.25) is 0 Å². The summed E-state index contributed by atoms with van der Waals surface area (Å²) in [5.41, 5.74) is 0.